The SMILES string of the molecule is Nc1cncc(-c2ccc3[nH]nc(-c4nc5c(-c6ccoc6)cncc5[nH]4)c3c2)c1. The van der Waals surface area contributed by atoms with Crippen LogP contribution in [0.3, 0.4) is 0 Å². The summed E-state index contributed by atoms with van der Waals surface area (Å²) in [5, 5.41) is 8.54. The molecule has 30 heavy (non-hydrogen) atoms. The maximum absolute atomic E-state index is 5.90. The smallest absolute Gasteiger partial charge is 0.159 e. The van der Waals surface area contributed by atoms with Crippen molar-refractivity contribution in [2.24, 2.45) is 0 Å². The van der Waals surface area contributed by atoms with Crippen molar-refractivity contribution in [3.05, 3.63) is 67.6 Å². The number of nitrogens with zero attached hydrogens (tertiary/aromatic N) is 4. The molecule has 4 N–H and O–H groups in total. The van der Waals surface area contributed by atoms with E-state index in [0.29, 0.717) is 11.5 Å². The number of nitrogen functional groups attached to an aromatic ring is 1. The van der Waals surface area contributed by atoms with Crippen LogP contribution in [0.4, 0.5) is 5.69 Å². The number of nitrogens with two attached hydrogens (primary N) is 1. The van der Waals surface area contributed by atoms with Crippen LogP contribution in [0, 0.1) is 0 Å². The Labute approximate surface area is 169 Å². The third kappa shape index (κ3) is 2.55. The van der Waals surface area contributed by atoms with Gasteiger partial charge in [-0.1, -0.05) is 6.07 Å². The maximum Gasteiger partial charge on any atom is 0.159 e. The van der Waals surface area contributed by atoms with Gasteiger partial charge in [0.05, 0.1) is 35.4 Å². The van der Waals surface area contributed by atoms with Crippen molar-refractivity contribution < 1.29 is 4.42 Å². The molecule has 8 heteroatoms. The number of rotatable bonds is 3. The molecule has 0 saturated carbocycles. The molecule has 0 bridgehead atoms. The molecule has 5 heterocycles. The summed E-state index contributed by atoms with van der Waals surface area (Å²) in [5.74, 6) is 0.664. The lowest BCUT2D eigenvalue weighted by Gasteiger charge is -2.03. The lowest BCUT2D eigenvalue weighted by molar-refractivity contribution is 0.568. The van der Waals surface area contributed by atoms with Gasteiger partial charge in [0, 0.05) is 40.7 Å². The monoisotopic (exact) mass is 393 g/mol. The summed E-state index contributed by atoms with van der Waals surface area (Å²) in [6.07, 6.45) is 10.3. The number of aromatic amines is 2. The lowest BCUT2D eigenvalue weighted by Crippen LogP contribution is -1.88. The Kier molecular flexibility index (Phi) is 3.45. The van der Waals surface area contributed by atoms with Gasteiger partial charge < -0.3 is 15.1 Å². The molecular formula is C22H15N7O. The zero-order valence-corrected chi connectivity index (χ0v) is 15.6. The molecule has 1 aromatic carbocycles. The molecule has 0 unspecified atom stereocenters. The molecule has 0 atom stereocenters. The van der Waals surface area contributed by atoms with Crippen molar-refractivity contribution in [3.63, 3.8) is 0 Å². The molecule has 0 aliphatic heterocycles. The van der Waals surface area contributed by atoms with Gasteiger partial charge in [0.2, 0.25) is 0 Å². The van der Waals surface area contributed by atoms with Crippen LogP contribution in [-0.4, -0.2) is 30.1 Å². The fourth-order valence-electron chi connectivity index (χ4n) is 3.66. The number of nitrogens with one attached hydrogen (secondary N) is 2. The largest absolute Gasteiger partial charge is 0.472 e. The molecule has 6 aromatic rings. The van der Waals surface area contributed by atoms with Crippen LogP contribution in [0.2, 0.25) is 0 Å². The molecule has 0 radical (unpaired) electrons. The van der Waals surface area contributed by atoms with E-state index in [-0.39, 0.29) is 0 Å². The van der Waals surface area contributed by atoms with Crippen molar-refractivity contribution in [2.75, 3.05) is 5.73 Å². The highest BCUT2D eigenvalue weighted by Gasteiger charge is 2.16. The summed E-state index contributed by atoms with van der Waals surface area (Å²) in [5.41, 5.74) is 13.6. The van der Waals surface area contributed by atoms with Crippen molar-refractivity contribution in [2.45, 2.75) is 0 Å². The topological polar surface area (TPSA) is 122 Å². The fourth-order valence-corrected chi connectivity index (χ4v) is 3.66. The van der Waals surface area contributed by atoms with Gasteiger partial charge in [-0.3, -0.25) is 15.1 Å². The van der Waals surface area contributed by atoms with E-state index in [1.807, 2.05) is 24.3 Å². The van der Waals surface area contributed by atoms with E-state index in [4.69, 9.17) is 15.1 Å². The van der Waals surface area contributed by atoms with Crippen LogP contribution < -0.4 is 5.73 Å². The summed E-state index contributed by atoms with van der Waals surface area (Å²) in [4.78, 5) is 16.7. The second kappa shape index (κ2) is 6.28. The fraction of sp³-hybridized carbons (Fsp3) is 0. The van der Waals surface area contributed by atoms with Crippen molar-refractivity contribution in [1.82, 2.24) is 30.1 Å². The van der Waals surface area contributed by atoms with Crippen LogP contribution in [0.1, 0.15) is 0 Å². The third-order valence-corrected chi connectivity index (χ3v) is 5.11. The van der Waals surface area contributed by atoms with Crippen LogP contribution in [-0.2, 0) is 0 Å². The number of imidazole rings is 1. The Bertz CT molecular complexity index is 1510. The van der Waals surface area contributed by atoms with E-state index in [9.17, 15) is 0 Å². The van der Waals surface area contributed by atoms with Crippen LogP contribution in [0.25, 0.3) is 55.7 Å². The van der Waals surface area contributed by atoms with E-state index in [1.54, 1.807) is 37.3 Å². The molecule has 0 saturated heterocycles. The number of hydrogen-bond acceptors (Lipinski definition) is 6. The summed E-state index contributed by atoms with van der Waals surface area (Å²) in [6.45, 7) is 0. The molecule has 0 amide bonds. The summed E-state index contributed by atoms with van der Waals surface area (Å²) >= 11 is 0. The Morgan fingerprint density at radius 3 is 2.67 bits per heavy atom. The van der Waals surface area contributed by atoms with E-state index in [0.717, 1.165) is 49.9 Å². The van der Waals surface area contributed by atoms with E-state index in [2.05, 4.69) is 31.2 Å². The molecule has 144 valence electrons. The molecule has 0 fully saturated rings. The standard InChI is InChI=1S/C22H15N7O/c23-15-5-14(7-24-8-15)12-1-2-18-16(6-12)21(29-28-18)22-26-19-10-25-9-17(20(19)27-22)13-3-4-30-11-13/h1-11H,23H2,(H,26,27)(H,28,29). The van der Waals surface area contributed by atoms with Gasteiger partial charge in [-0.05, 0) is 29.8 Å². The first-order valence-electron chi connectivity index (χ1n) is 9.32. The number of anilines is 1. The molecule has 8 nitrogen and oxygen atoms in total. The zero-order chi connectivity index (χ0) is 20.1. The quantitative estimate of drug-likeness (QED) is 0.409. The lowest BCUT2D eigenvalue weighted by atomic mass is 10.0. The number of aromatic nitrogens is 6. The molecule has 6 rings (SSSR count). The third-order valence-electron chi connectivity index (χ3n) is 5.11. The zero-order valence-electron chi connectivity index (χ0n) is 15.6. The van der Waals surface area contributed by atoms with Gasteiger partial charge in [-0.25, -0.2) is 4.98 Å². The van der Waals surface area contributed by atoms with E-state index < -0.39 is 0 Å². The molecule has 0 aliphatic carbocycles. The highest BCUT2D eigenvalue weighted by atomic mass is 16.3. The number of furan rings is 1. The minimum atomic E-state index is 0.622. The van der Waals surface area contributed by atoms with Crippen LogP contribution in [0.5, 0.6) is 0 Å². The second-order valence-electron chi connectivity index (χ2n) is 7.02. The highest BCUT2D eigenvalue weighted by Crippen LogP contribution is 2.32. The van der Waals surface area contributed by atoms with Crippen molar-refractivity contribution >= 4 is 27.6 Å². The minimum Gasteiger partial charge on any atom is -0.472 e. The number of pyridine rings is 2. The summed E-state index contributed by atoms with van der Waals surface area (Å²) < 4.78 is 5.22. The maximum atomic E-state index is 5.90. The number of fused-ring (bicyclic) bond motifs is 2. The molecule has 0 spiro atoms. The van der Waals surface area contributed by atoms with Gasteiger partial charge in [0.15, 0.2) is 5.82 Å². The number of hydrogen-bond donors (Lipinski definition) is 3. The van der Waals surface area contributed by atoms with E-state index >= 15 is 0 Å². The Morgan fingerprint density at radius 1 is 0.867 bits per heavy atom. The minimum absolute atomic E-state index is 0.622. The highest BCUT2D eigenvalue weighted by molar-refractivity contribution is 5.98. The van der Waals surface area contributed by atoms with Crippen molar-refractivity contribution in [1.29, 1.82) is 0 Å². The first-order valence-corrected chi connectivity index (χ1v) is 9.32. The summed E-state index contributed by atoms with van der Waals surface area (Å²) in [6, 6.07) is 9.86. The van der Waals surface area contributed by atoms with Crippen LogP contribution >= 0.6 is 0 Å². The first kappa shape index (κ1) is 16.5. The summed E-state index contributed by atoms with van der Waals surface area (Å²) in [7, 11) is 0. The second-order valence-corrected chi connectivity index (χ2v) is 7.02. The van der Waals surface area contributed by atoms with Gasteiger partial charge in [-0.2, -0.15) is 5.10 Å². The molecule has 0 aliphatic rings. The van der Waals surface area contributed by atoms with Gasteiger partial charge in [-0.15, -0.1) is 0 Å². The molecule has 5 aromatic heterocycles. The van der Waals surface area contributed by atoms with Crippen LogP contribution in [0.15, 0.2) is 72.1 Å². The Balaban J connectivity index is 1.52. The van der Waals surface area contributed by atoms with Gasteiger partial charge in [0.25, 0.3) is 0 Å². The molecular weight excluding hydrogens is 378 g/mol. The first-order chi connectivity index (χ1) is 14.8. The average Bonchev–Trinajstić information content (AvgIpc) is 3.51. The normalized spacial score (nSPS) is 11.5. The Hall–Kier alpha value is -4.46. The number of benzene rings is 1. The average molecular weight is 393 g/mol. The van der Waals surface area contributed by atoms with Gasteiger partial charge in [0.1, 0.15) is 11.2 Å². The predicted octanol–water partition coefficient (Wildman–Crippen LogP) is 4.41. The van der Waals surface area contributed by atoms with Gasteiger partial charge >= 0.3 is 0 Å². The number of H-pyrrole nitrogens is 2. The van der Waals surface area contributed by atoms with E-state index in [1.165, 1.54) is 0 Å². The predicted molar refractivity (Wildman–Crippen MR) is 114 cm³/mol. The Morgan fingerprint density at radius 2 is 1.80 bits per heavy atom. The van der Waals surface area contributed by atoms with Crippen molar-refractivity contribution in [3.8, 4) is 33.8 Å².